The van der Waals surface area contributed by atoms with E-state index in [1.807, 2.05) is 0 Å². The summed E-state index contributed by atoms with van der Waals surface area (Å²) in [5.41, 5.74) is -2.19. The minimum Gasteiger partial charge on any atom is -0.325 e. The summed E-state index contributed by atoms with van der Waals surface area (Å²) in [4.78, 5) is 19.7. The second-order valence-corrected chi connectivity index (χ2v) is 5.68. The molecule has 0 saturated heterocycles. The topological polar surface area (TPSA) is 121 Å². The molecule has 28 heavy (non-hydrogen) atoms. The Morgan fingerprint density at radius 3 is 2.39 bits per heavy atom. The summed E-state index contributed by atoms with van der Waals surface area (Å²) in [7, 11) is 0. The predicted octanol–water partition coefficient (Wildman–Crippen LogP) is 1.80. The van der Waals surface area contributed by atoms with Crippen LogP contribution in [-0.2, 0) is 6.18 Å². The third kappa shape index (κ3) is 4.44. The van der Waals surface area contributed by atoms with Crippen LogP contribution in [0.3, 0.4) is 0 Å². The van der Waals surface area contributed by atoms with Gasteiger partial charge in [0.1, 0.15) is 11.5 Å². The molecule has 2 aromatic heterocycles. The molecule has 0 aliphatic rings. The molecule has 150 valence electrons. The van der Waals surface area contributed by atoms with Gasteiger partial charge in [-0.25, -0.2) is 14.3 Å². The molecule has 2 heterocycles. The zero-order chi connectivity index (χ0) is 21.3. The van der Waals surface area contributed by atoms with Gasteiger partial charge < -0.3 is 15.3 Å². The van der Waals surface area contributed by atoms with Crippen molar-refractivity contribution in [2.24, 2.45) is 0 Å². The van der Waals surface area contributed by atoms with Gasteiger partial charge in [-0.05, 0) is 37.6 Å². The van der Waals surface area contributed by atoms with Crippen molar-refractivity contribution in [3.63, 3.8) is 0 Å². The molecule has 0 bridgehead atoms. The van der Waals surface area contributed by atoms with E-state index in [1.165, 1.54) is 12.2 Å². The average Bonchev–Trinajstić information content (AvgIpc) is 2.57. The number of rotatable bonds is 5. The number of fused-ring (bicyclic) bond motifs is 1. The number of pyridine rings is 1. The highest BCUT2D eigenvalue weighted by Gasteiger charge is 2.33. The SMILES string of the molecule is C=C/C(C)=C(\C=C/C)n1c(=O)nc(NC(O)(O)O)c2ccc(C(F)(F)F)nc21. The van der Waals surface area contributed by atoms with E-state index < -0.39 is 35.1 Å². The fourth-order valence-corrected chi connectivity index (χ4v) is 2.37. The Bertz CT molecular complexity index is 1030. The zero-order valence-corrected chi connectivity index (χ0v) is 14.8. The highest BCUT2D eigenvalue weighted by atomic mass is 19.4. The van der Waals surface area contributed by atoms with E-state index in [2.05, 4.69) is 16.5 Å². The van der Waals surface area contributed by atoms with Crippen molar-refractivity contribution in [3.8, 4) is 0 Å². The fourth-order valence-electron chi connectivity index (χ4n) is 2.37. The van der Waals surface area contributed by atoms with Gasteiger partial charge in [-0.15, -0.1) is 0 Å². The van der Waals surface area contributed by atoms with Crippen molar-refractivity contribution in [1.82, 2.24) is 14.5 Å². The summed E-state index contributed by atoms with van der Waals surface area (Å²) in [5, 5.41) is 28.9. The first-order valence-electron chi connectivity index (χ1n) is 7.81. The smallest absolute Gasteiger partial charge is 0.325 e. The summed E-state index contributed by atoms with van der Waals surface area (Å²) < 4.78 is 40.3. The fraction of sp³-hybridized carbons (Fsp3) is 0.235. The van der Waals surface area contributed by atoms with Crippen LogP contribution >= 0.6 is 0 Å². The van der Waals surface area contributed by atoms with Crippen LogP contribution in [-0.4, -0.2) is 36.0 Å². The van der Waals surface area contributed by atoms with Crippen molar-refractivity contribution in [3.05, 3.63) is 58.7 Å². The largest absolute Gasteiger partial charge is 0.433 e. The standard InChI is InChI=1S/C17H17F3N4O4/c1-4-6-11(9(3)5-2)24-14-10(7-8-12(21-14)16(18,19)20)13(22-15(24)25)23-17(26,27)28/h4-8,26-28H,2H2,1,3H3,(H,22,23,25)/b6-4-,11-9+. The second kappa shape index (κ2) is 7.54. The lowest BCUT2D eigenvalue weighted by Gasteiger charge is -2.19. The number of allylic oxidation sites excluding steroid dienone is 5. The number of aromatic nitrogens is 3. The lowest BCUT2D eigenvalue weighted by atomic mass is 10.2. The highest BCUT2D eigenvalue weighted by Crippen LogP contribution is 2.31. The van der Waals surface area contributed by atoms with Gasteiger partial charge in [0, 0.05) is 0 Å². The molecule has 0 fully saturated rings. The first kappa shape index (κ1) is 21.3. The van der Waals surface area contributed by atoms with Crippen LogP contribution in [0.1, 0.15) is 19.5 Å². The number of anilines is 1. The number of alkyl halides is 3. The molecule has 0 unspecified atom stereocenters. The van der Waals surface area contributed by atoms with Crippen LogP contribution < -0.4 is 11.0 Å². The van der Waals surface area contributed by atoms with Gasteiger partial charge in [0.25, 0.3) is 0 Å². The summed E-state index contributed by atoms with van der Waals surface area (Å²) in [5.74, 6) is -0.568. The molecule has 0 aromatic carbocycles. The Hall–Kier alpha value is -3.02. The van der Waals surface area contributed by atoms with Gasteiger partial charge in [-0.3, -0.25) is 5.32 Å². The molecule has 0 amide bonds. The zero-order valence-electron chi connectivity index (χ0n) is 14.8. The monoisotopic (exact) mass is 398 g/mol. The van der Waals surface area contributed by atoms with Gasteiger partial charge in [-0.1, -0.05) is 18.7 Å². The van der Waals surface area contributed by atoms with Crippen LogP contribution in [0.15, 0.2) is 47.3 Å². The second-order valence-electron chi connectivity index (χ2n) is 5.68. The first-order chi connectivity index (χ1) is 12.9. The number of hydrogen-bond donors (Lipinski definition) is 4. The Morgan fingerprint density at radius 2 is 1.89 bits per heavy atom. The number of nitrogens with zero attached hydrogens (tertiary/aromatic N) is 3. The van der Waals surface area contributed by atoms with Gasteiger partial charge in [0.2, 0.25) is 0 Å². The number of halogens is 3. The molecule has 0 aliphatic heterocycles. The molecule has 0 atom stereocenters. The molecule has 4 N–H and O–H groups in total. The molecule has 0 radical (unpaired) electrons. The molecule has 2 aromatic rings. The Morgan fingerprint density at radius 1 is 1.25 bits per heavy atom. The quantitative estimate of drug-likeness (QED) is 0.448. The van der Waals surface area contributed by atoms with E-state index >= 15 is 0 Å². The van der Waals surface area contributed by atoms with Crippen LogP contribution in [0.2, 0.25) is 0 Å². The predicted molar refractivity (Wildman–Crippen MR) is 95.7 cm³/mol. The van der Waals surface area contributed by atoms with Crippen molar-refractivity contribution >= 4 is 22.5 Å². The molecular weight excluding hydrogens is 381 g/mol. The Balaban J connectivity index is 3.02. The van der Waals surface area contributed by atoms with Crippen molar-refractivity contribution in [1.29, 1.82) is 0 Å². The van der Waals surface area contributed by atoms with E-state index in [1.54, 1.807) is 25.2 Å². The van der Waals surface area contributed by atoms with Gasteiger partial charge in [-0.2, -0.15) is 18.2 Å². The number of hydrogen-bond acceptors (Lipinski definition) is 7. The van der Waals surface area contributed by atoms with E-state index in [9.17, 15) is 18.0 Å². The van der Waals surface area contributed by atoms with E-state index in [-0.39, 0.29) is 11.1 Å². The van der Waals surface area contributed by atoms with Crippen molar-refractivity contribution in [2.75, 3.05) is 5.32 Å². The third-order valence-electron chi connectivity index (χ3n) is 3.59. The number of nitrogens with one attached hydrogen (secondary N) is 1. The molecule has 11 heteroatoms. The molecule has 0 spiro atoms. The minimum absolute atomic E-state index is 0.168. The van der Waals surface area contributed by atoms with E-state index in [4.69, 9.17) is 15.3 Å². The molecule has 2 rings (SSSR count). The Labute approximate surface area is 156 Å². The minimum atomic E-state index is -4.79. The summed E-state index contributed by atoms with van der Waals surface area (Å²) in [6.07, 6.45) is -3.84. The maximum atomic E-state index is 13.2. The van der Waals surface area contributed by atoms with Gasteiger partial charge >= 0.3 is 18.0 Å². The van der Waals surface area contributed by atoms with E-state index in [0.29, 0.717) is 11.6 Å². The normalized spacial score (nSPS) is 13.7. The summed E-state index contributed by atoms with van der Waals surface area (Å²) in [6.45, 7) is 6.80. The maximum Gasteiger partial charge on any atom is 0.433 e. The Kier molecular flexibility index (Phi) is 5.73. The average molecular weight is 398 g/mol. The van der Waals surface area contributed by atoms with Crippen LogP contribution in [0.4, 0.5) is 19.0 Å². The third-order valence-corrected chi connectivity index (χ3v) is 3.59. The first-order valence-corrected chi connectivity index (χ1v) is 7.81. The molecule has 0 aliphatic carbocycles. The summed E-state index contributed by atoms with van der Waals surface area (Å²) >= 11 is 0. The van der Waals surface area contributed by atoms with Crippen LogP contribution in [0, 0.1) is 0 Å². The van der Waals surface area contributed by atoms with Gasteiger partial charge in [0.05, 0.1) is 11.1 Å². The number of aliphatic hydroxyl groups is 3. The van der Waals surface area contributed by atoms with Crippen molar-refractivity contribution < 1.29 is 28.5 Å². The van der Waals surface area contributed by atoms with E-state index in [0.717, 1.165) is 10.6 Å². The van der Waals surface area contributed by atoms with Gasteiger partial charge in [0.15, 0.2) is 5.65 Å². The lowest BCUT2D eigenvalue weighted by Crippen LogP contribution is -2.39. The molecular formula is C17H17F3N4O4. The lowest BCUT2D eigenvalue weighted by molar-refractivity contribution is -0.289. The van der Waals surface area contributed by atoms with Crippen molar-refractivity contribution in [2.45, 2.75) is 26.1 Å². The highest BCUT2D eigenvalue weighted by molar-refractivity contribution is 5.89. The van der Waals surface area contributed by atoms with Crippen LogP contribution in [0.5, 0.6) is 0 Å². The molecule has 8 nitrogen and oxygen atoms in total. The summed E-state index contributed by atoms with van der Waals surface area (Å²) in [6, 6.07) is 1.58. The maximum absolute atomic E-state index is 13.2. The molecule has 0 saturated carbocycles. The van der Waals surface area contributed by atoms with Crippen LogP contribution in [0.25, 0.3) is 16.7 Å².